The van der Waals surface area contributed by atoms with E-state index in [-0.39, 0.29) is 5.15 Å². The van der Waals surface area contributed by atoms with Gasteiger partial charge in [-0.1, -0.05) is 11.6 Å². The summed E-state index contributed by atoms with van der Waals surface area (Å²) < 4.78 is 0.298. The minimum atomic E-state index is 0.161. The Bertz CT molecular complexity index is 350. The van der Waals surface area contributed by atoms with E-state index in [0.29, 0.717) is 16.0 Å². The van der Waals surface area contributed by atoms with Gasteiger partial charge in [-0.2, -0.15) is 5.26 Å². The molecule has 1 aromatic rings. The van der Waals surface area contributed by atoms with Crippen LogP contribution >= 0.6 is 23.8 Å². The van der Waals surface area contributed by atoms with E-state index in [1.54, 1.807) is 6.92 Å². The van der Waals surface area contributed by atoms with Crippen LogP contribution in [-0.4, -0.2) is 9.97 Å². The van der Waals surface area contributed by atoms with Gasteiger partial charge in [-0.05, 0) is 19.1 Å². The zero-order valence-corrected chi connectivity index (χ0v) is 7.25. The highest BCUT2D eigenvalue weighted by Gasteiger charge is 2.03. The molecular weight excluding hydrogens is 182 g/mol. The summed E-state index contributed by atoms with van der Waals surface area (Å²) >= 11 is 10.3. The van der Waals surface area contributed by atoms with Crippen molar-refractivity contribution in [3.63, 3.8) is 0 Å². The minimum Gasteiger partial charge on any atom is -0.333 e. The van der Waals surface area contributed by atoms with Crippen molar-refractivity contribution >= 4 is 23.8 Å². The molecule has 0 aliphatic carbocycles. The van der Waals surface area contributed by atoms with Crippen LogP contribution in [0.4, 0.5) is 0 Å². The van der Waals surface area contributed by atoms with E-state index >= 15 is 0 Å². The van der Waals surface area contributed by atoms with Crippen molar-refractivity contribution in [3.8, 4) is 6.07 Å². The maximum absolute atomic E-state index is 8.56. The van der Waals surface area contributed by atoms with Crippen LogP contribution in [-0.2, 0) is 0 Å². The molecule has 0 radical (unpaired) electrons. The van der Waals surface area contributed by atoms with E-state index in [1.807, 2.05) is 6.07 Å². The lowest BCUT2D eigenvalue weighted by atomic mass is 10.3. The number of H-pyrrole nitrogens is 1. The number of halogens is 1. The zero-order chi connectivity index (χ0) is 8.43. The number of rotatable bonds is 0. The Labute approximate surface area is 73.7 Å². The van der Waals surface area contributed by atoms with Gasteiger partial charge < -0.3 is 4.98 Å². The predicted molar refractivity (Wildman–Crippen MR) is 43.9 cm³/mol. The van der Waals surface area contributed by atoms with Crippen LogP contribution in [0.2, 0.25) is 5.15 Å². The number of hydrogen-bond acceptors (Lipinski definition) is 3. The molecule has 0 saturated heterocycles. The Kier molecular flexibility index (Phi) is 2.22. The van der Waals surface area contributed by atoms with Crippen molar-refractivity contribution in [1.29, 1.82) is 5.26 Å². The van der Waals surface area contributed by atoms with Crippen molar-refractivity contribution in [2.75, 3.05) is 0 Å². The molecule has 5 heteroatoms. The third kappa shape index (κ3) is 1.56. The molecule has 1 rings (SSSR count). The summed E-state index contributed by atoms with van der Waals surface area (Å²) in [5, 5.41) is 8.72. The Balaban J connectivity index is 3.52. The molecule has 0 spiro atoms. The smallest absolute Gasteiger partial charge is 0.198 e. The highest BCUT2D eigenvalue weighted by molar-refractivity contribution is 7.71. The first kappa shape index (κ1) is 8.18. The summed E-state index contributed by atoms with van der Waals surface area (Å²) in [5.74, 6) is 0. The van der Waals surface area contributed by atoms with Crippen LogP contribution < -0.4 is 0 Å². The number of aryl methyl sites for hydroxylation is 1. The van der Waals surface area contributed by atoms with Crippen LogP contribution in [0.15, 0.2) is 0 Å². The van der Waals surface area contributed by atoms with E-state index in [2.05, 4.69) is 9.97 Å². The molecule has 0 bridgehead atoms. The topological polar surface area (TPSA) is 52.5 Å². The van der Waals surface area contributed by atoms with Crippen molar-refractivity contribution < 1.29 is 0 Å². The molecule has 1 heterocycles. The summed E-state index contributed by atoms with van der Waals surface area (Å²) in [5.41, 5.74) is 0.998. The zero-order valence-electron chi connectivity index (χ0n) is 5.68. The molecule has 1 N–H and O–H groups in total. The van der Waals surface area contributed by atoms with Gasteiger partial charge in [0, 0.05) is 5.69 Å². The molecule has 0 atom stereocenters. The standard InChI is InChI=1S/C6H4ClN3S/c1-3-4(2-8)5(7)10-6(11)9-3/h1H3,(H,9,10,11). The fourth-order valence-corrected chi connectivity index (χ4v) is 1.24. The maximum atomic E-state index is 8.56. The number of aromatic amines is 1. The first-order valence-electron chi connectivity index (χ1n) is 2.81. The average Bonchev–Trinajstić information content (AvgIpc) is 1.85. The molecular formula is C6H4ClN3S. The van der Waals surface area contributed by atoms with Gasteiger partial charge in [-0.25, -0.2) is 4.98 Å². The van der Waals surface area contributed by atoms with Gasteiger partial charge in [0.1, 0.15) is 11.6 Å². The molecule has 0 aliphatic heterocycles. The van der Waals surface area contributed by atoms with Gasteiger partial charge >= 0.3 is 0 Å². The minimum absolute atomic E-state index is 0.161. The van der Waals surface area contributed by atoms with Gasteiger partial charge in [0.15, 0.2) is 9.92 Å². The first-order valence-corrected chi connectivity index (χ1v) is 3.60. The van der Waals surface area contributed by atoms with E-state index in [1.165, 1.54) is 0 Å². The summed E-state index contributed by atoms with van der Waals surface area (Å²) in [6.07, 6.45) is 0. The third-order valence-corrected chi connectivity index (χ3v) is 1.65. The average molecular weight is 186 g/mol. The van der Waals surface area contributed by atoms with Crippen LogP contribution in [0.5, 0.6) is 0 Å². The largest absolute Gasteiger partial charge is 0.333 e. The second kappa shape index (κ2) is 2.99. The van der Waals surface area contributed by atoms with E-state index in [0.717, 1.165) is 0 Å². The third-order valence-electron chi connectivity index (χ3n) is 1.19. The van der Waals surface area contributed by atoms with E-state index < -0.39 is 0 Å². The summed E-state index contributed by atoms with van der Waals surface area (Å²) in [7, 11) is 0. The summed E-state index contributed by atoms with van der Waals surface area (Å²) in [6, 6.07) is 1.92. The second-order valence-corrected chi connectivity index (χ2v) is 2.69. The fourth-order valence-electron chi connectivity index (χ4n) is 0.681. The number of hydrogen-bond donors (Lipinski definition) is 1. The molecule has 0 fully saturated rings. The van der Waals surface area contributed by atoms with Gasteiger partial charge in [0.25, 0.3) is 0 Å². The van der Waals surface area contributed by atoms with Gasteiger partial charge in [0.2, 0.25) is 0 Å². The highest BCUT2D eigenvalue weighted by Crippen LogP contribution is 2.12. The Morgan fingerprint density at radius 1 is 1.73 bits per heavy atom. The van der Waals surface area contributed by atoms with E-state index in [9.17, 15) is 0 Å². The summed E-state index contributed by atoms with van der Waals surface area (Å²) in [4.78, 5) is 6.43. The monoisotopic (exact) mass is 185 g/mol. The van der Waals surface area contributed by atoms with Crippen LogP contribution in [0.25, 0.3) is 0 Å². The molecule has 3 nitrogen and oxygen atoms in total. The van der Waals surface area contributed by atoms with Crippen LogP contribution in [0.3, 0.4) is 0 Å². The van der Waals surface area contributed by atoms with Gasteiger partial charge in [-0.15, -0.1) is 0 Å². The molecule has 0 unspecified atom stereocenters. The highest BCUT2D eigenvalue weighted by atomic mass is 35.5. The number of nitriles is 1. The fraction of sp³-hybridized carbons (Fsp3) is 0.167. The van der Waals surface area contributed by atoms with Crippen molar-refractivity contribution in [2.24, 2.45) is 0 Å². The lowest BCUT2D eigenvalue weighted by Gasteiger charge is -1.96. The molecule has 0 amide bonds. The lowest BCUT2D eigenvalue weighted by molar-refractivity contribution is 1.06. The predicted octanol–water partition coefficient (Wildman–Crippen LogP) is 1.97. The van der Waals surface area contributed by atoms with Crippen molar-refractivity contribution in [2.45, 2.75) is 6.92 Å². The number of nitrogens with zero attached hydrogens (tertiary/aromatic N) is 2. The quantitative estimate of drug-likeness (QED) is 0.497. The Morgan fingerprint density at radius 3 is 2.82 bits per heavy atom. The summed E-state index contributed by atoms with van der Waals surface area (Å²) in [6.45, 7) is 1.72. The van der Waals surface area contributed by atoms with Gasteiger partial charge in [0.05, 0.1) is 0 Å². The van der Waals surface area contributed by atoms with Crippen LogP contribution in [0, 0.1) is 23.0 Å². The molecule has 1 aromatic heterocycles. The van der Waals surface area contributed by atoms with Crippen molar-refractivity contribution in [1.82, 2.24) is 9.97 Å². The van der Waals surface area contributed by atoms with Gasteiger partial charge in [-0.3, -0.25) is 0 Å². The Hall–Kier alpha value is -0.920. The molecule has 56 valence electrons. The second-order valence-electron chi connectivity index (χ2n) is 1.94. The number of aromatic nitrogens is 2. The normalized spacial score (nSPS) is 9.18. The molecule has 0 aromatic carbocycles. The Morgan fingerprint density at radius 2 is 2.36 bits per heavy atom. The molecule has 0 aliphatic rings. The van der Waals surface area contributed by atoms with Crippen LogP contribution in [0.1, 0.15) is 11.3 Å². The first-order chi connectivity index (χ1) is 5.15. The number of nitrogens with one attached hydrogen (secondary N) is 1. The van der Waals surface area contributed by atoms with E-state index in [4.69, 9.17) is 29.1 Å². The SMILES string of the molecule is Cc1[nH]c(=S)nc(Cl)c1C#N. The molecule has 0 saturated carbocycles. The maximum Gasteiger partial charge on any atom is 0.198 e. The van der Waals surface area contributed by atoms with Crippen molar-refractivity contribution in [3.05, 3.63) is 21.2 Å². The molecule has 11 heavy (non-hydrogen) atoms. The lowest BCUT2D eigenvalue weighted by Crippen LogP contribution is -1.92.